The van der Waals surface area contributed by atoms with E-state index in [2.05, 4.69) is 0 Å². The minimum atomic E-state index is -0.663. The number of pyridine rings is 1. The quantitative estimate of drug-likeness (QED) is 0.742. The highest BCUT2D eigenvalue weighted by atomic mass is 35.5. The summed E-state index contributed by atoms with van der Waals surface area (Å²) in [5.74, 6) is -0.663. The lowest BCUT2D eigenvalue weighted by Gasteiger charge is -2.08. The van der Waals surface area contributed by atoms with E-state index in [1.165, 1.54) is 6.07 Å². The summed E-state index contributed by atoms with van der Waals surface area (Å²) in [6.07, 6.45) is 1.62. The van der Waals surface area contributed by atoms with Gasteiger partial charge in [-0.1, -0.05) is 23.2 Å². The van der Waals surface area contributed by atoms with Crippen LogP contribution in [0, 0.1) is 5.41 Å². The molecule has 4 nitrogen and oxygen atoms in total. The first-order valence-corrected chi connectivity index (χ1v) is 7.93. The molecule has 0 fully saturated rings. The lowest BCUT2D eigenvalue weighted by atomic mass is 10.2. The predicted molar refractivity (Wildman–Crippen MR) is 89.8 cm³/mol. The van der Waals surface area contributed by atoms with Gasteiger partial charge in [0.25, 0.3) is 5.91 Å². The standard InChI is InChI=1S/C15H11Cl2N3OS/c16-9-1-2-13-8(3-9)4-11(22-13)7-20-6-10(17)5-12(14(20)18)15(19)21/h1-6,18H,7H2,(H2,19,21). The van der Waals surface area contributed by atoms with E-state index >= 15 is 0 Å². The van der Waals surface area contributed by atoms with Gasteiger partial charge in [0, 0.05) is 20.8 Å². The summed E-state index contributed by atoms with van der Waals surface area (Å²) in [6, 6.07) is 9.13. The Morgan fingerprint density at radius 3 is 2.73 bits per heavy atom. The average molecular weight is 352 g/mol. The maximum Gasteiger partial charge on any atom is 0.252 e. The Balaban J connectivity index is 2.04. The molecule has 0 aliphatic heterocycles. The zero-order valence-corrected chi connectivity index (χ0v) is 13.6. The molecule has 3 N–H and O–H groups in total. The molecule has 2 heterocycles. The molecule has 7 heteroatoms. The van der Waals surface area contributed by atoms with Crippen molar-refractivity contribution in [1.82, 2.24) is 4.57 Å². The number of amides is 1. The predicted octanol–water partition coefficient (Wildman–Crippen LogP) is 3.64. The molecule has 0 aliphatic rings. The molecule has 0 saturated heterocycles. The summed E-state index contributed by atoms with van der Waals surface area (Å²) in [5.41, 5.74) is 5.44. The summed E-state index contributed by atoms with van der Waals surface area (Å²) in [4.78, 5) is 12.4. The van der Waals surface area contributed by atoms with Crippen LogP contribution in [0.1, 0.15) is 15.2 Å². The molecule has 0 spiro atoms. The van der Waals surface area contributed by atoms with E-state index in [0.717, 1.165) is 15.0 Å². The van der Waals surface area contributed by atoms with Crippen molar-refractivity contribution >= 4 is 50.5 Å². The van der Waals surface area contributed by atoms with Gasteiger partial charge in [0.05, 0.1) is 17.1 Å². The molecule has 112 valence electrons. The fourth-order valence-corrected chi connectivity index (χ4v) is 3.69. The lowest BCUT2D eigenvalue weighted by molar-refractivity contribution is 0.0998. The molecular formula is C15H11Cl2N3OS. The van der Waals surface area contributed by atoms with Gasteiger partial charge in [-0.15, -0.1) is 11.3 Å². The van der Waals surface area contributed by atoms with Crippen LogP contribution >= 0.6 is 34.5 Å². The maximum atomic E-state index is 11.4. The number of nitrogens with one attached hydrogen (secondary N) is 1. The molecule has 1 aromatic carbocycles. The van der Waals surface area contributed by atoms with Crippen molar-refractivity contribution in [2.75, 3.05) is 0 Å². The normalized spacial score (nSPS) is 11.0. The van der Waals surface area contributed by atoms with E-state index in [-0.39, 0.29) is 11.1 Å². The van der Waals surface area contributed by atoms with Gasteiger partial charge in [-0.05, 0) is 35.7 Å². The molecule has 3 aromatic rings. The van der Waals surface area contributed by atoms with Crippen LogP contribution < -0.4 is 11.2 Å². The van der Waals surface area contributed by atoms with Gasteiger partial charge >= 0.3 is 0 Å². The zero-order chi connectivity index (χ0) is 15.9. The van der Waals surface area contributed by atoms with Crippen molar-refractivity contribution in [2.45, 2.75) is 6.54 Å². The van der Waals surface area contributed by atoms with Crippen molar-refractivity contribution in [2.24, 2.45) is 5.73 Å². The largest absolute Gasteiger partial charge is 0.365 e. The zero-order valence-electron chi connectivity index (χ0n) is 11.3. The third kappa shape index (κ3) is 2.88. The Labute approximate surface area is 140 Å². The van der Waals surface area contributed by atoms with E-state index in [1.54, 1.807) is 22.1 Å². The first kappa shape index (κ1) is 15.1. The van der Waals surface area contributed by atoms with E-state index < -0.39 is 5.91 Å². The van der Waals surface area contributed by atoms with E-state index in [0.29, 0.717) is 16.6 Å². The third-order valence-corrected chi connectivity index (χ3v) is 4.77. The van der Waals surface area contributed by atoms with E-state index in [9.17, 15) is 4.79 Å². The average Bonchev–Trinajstić information content (AvgIpc) is 2.83. The molecule has 0 saturated carbocycles. The SMILES string of the molecule is N=c1c(C(N)=O)cc(Cl)cn1Cc1cc2cc(Cl)ccc2s1. The minimum Gasteiger partial charge on any atom is -0.365 e. The number of halogens is 2. The van der Waals surface area contributed by atoms with Crippen LogP contribution in [0.3, 0.4) is 0 Å². The van der Waals surface area contributed by atoms with Gasteiger partial charge in [-0.3, -0.25) is 10.2 Å². The molecule has 0 atom stereocenters. The van der Waals surface area contributed by atoms with Crippen molar-refractivity contribution in [3.8, 4) is 0 Å². The molecule has 0 aliphatic carbocycles. The third-order valence-electron chi connectivity index (χ3n) is 3.22. The number of thiophene rings is 1. The van der Waals surface area contributed by atoms with Crippen LogP contribution in [0.2, 0.25) is 10.0 Å². The van der Waals surface area contributed by atoms with Crippen molar-refractivity contribution in [3.05, 3.63) is 62.5 Å². The number of hydrogen-bond acceptors (Lipinski definition) is 3. The summed E-state index contributed by atoms with van der Waals surface area (Å²) in [7, 11) is 0. The topological polar surface area (TPSA) is 71.9 Å². The van der Waals surface area contributed by atoms with Gasteiger partial charge in [-0.2, -0.15) is 0 Å². The Bertz CT molecular complexity index is 946. The highest BCUT2D eigenvalue weighted by Gasteiger charge is 2.10. The minimum absolute atomic E-state index is 0.0485. The number of carbonyl (C=O) groups is 1. The molecule has 0 unspecified atom stereocenters. The van der Waals surface area contributed by atoms with Crippen molar-refractivity contribution in [3.63, 3.8) is 0 Å². The Hall–Kier alpha value is -1.82. The highest BCUT2D eigenvalue weighted by Crippen LogP contribution is 2.28. The van der Waals surface area contributed by atoms with Crippen LogP contribution in [0.4, 0.5) is 0 Å². The first-order valence-electron chi connectivity index (χ1n) is 6.36. The molecule has 1 amide bonds. The molecule has 0 radical (unpaired) electrons. The fourth-order valence-electron chi connectivity index (χ4n) is 2.24. The number of carbonyl (C=O) groups excluding carboxylic acids is 1. The number of primary amides is 1. The number of nitrogens with zero attached hydrogens (tertiary/aromatic N) is 1. The van der Waals surface area contributed by atoms with Crippen LogP contribution in [-0.2, 0) is 6.54 Å². The number of fused-ring (bicyclic) bond motifs is 1. The number of hydrogen-bond donors (Lipinski definition) is 2. The molecular weight excluding hydrogens is 341 g/mol. The Morgan fingerprint density at radius 1 is 1.23 bits per heavy atom. The second kappa shape index (κ2) is 5.76. The number of benzene rings is 1. The summed E-state index contributed by atoms with van der Waals surface area (Å²) in [5, 5.41) is 10.2. The van der Waals surface area contributed by atoms with Gasteiger partial charge in [-0.25, -0.2) is 0 Å². The molecule has 2 aromatic heterocycles. The lowest BCUT2D eigenvalue weighted by Crippen LogP contribution is -2.29. The second-order valence-electron chi connectivity index (χ2n) is 4.81. The van der Waals surface area contributed by atoms with Crippen LogP contribution in [0.5, 0.6) is 0 Å². The van der Waals surface area contributed by atoms with Gasteiger partial charge in [0.15, 0.2) is 0 Å². The van der Waals surface area contributed by atoms with Gasteiger partial charge in [0.2, 0.25) is 0 Å². The van der Waals surface area contributed by atoms with Crippen LogP contribution in [0.25, 0.3) is 10.1 Å². The second-order valence-corrected chi connectivity index (χ2v) is 6.85. The van der Waals surface area contributed by atoms with E-state index in [4.69, 9.17) is 34.3 Å². The Morgan fingerprint density at radius 2 is 2.00 bits per heavy atom. The van der Waals surface area contributed by atoms with Gasteiger partial charge in [0.1, 0.15) is 5.49 Å². The number of nitrogens with two attached hydrogens (primary N) is 1. The molecule has 0 bridgehead atoms. The highest BCUT2D eigenvalue weighted by molar-refractivity contribution is 7.19. The van der Waals surface area contributed by atoms with E-state index in [1.807, 2.05) is 24.3 Å². The smallest absolute Gasteiger partial charge is 0.252 e. The molecule has 22 heavy (non-hydrogen) atoms. The maximum absolute atomic E-state index is 11.4. The summed E-state index contributed by atoms with van der Waals surface area (Å²) in [6.45, 7) is 0.441. The summed E-state index contributed by atoms with van der Waals surface area (Å²) >= 11 is 13.6. The fraction of sp³-hybridized carbons (Fsp3) is 0.0667. The number of aromatic nitrogens is 1. The van der Waals surface area contributed by atoms with Crippen molar-refractivity contribution < 1.29 is 4.79 Å². The number of rotatable bonds is 3. The van der Waals surface area contributed by atoms with Gasteiger partial charge < -0.3 is 10.3 Å². The van der Waals surface area contributed by atoms with Crippen molar-refractivity contribution in [1.29, 1.82) is 5.41 Å². The summed E-state index contributed by atoms with van der Waals surface area (Å²) < 4.78 is 2.72. The van der Waals surface area contributed by atoms with Crippen LogP contribution in [0.15, 0.2) is 36.5 Å². The van der Waals surface area contributed by atoms with Crippen LogP contribution in [-0.4, -0.2) is 10.5 Å². The molecule has 3 rings (SSSR count). The first-order chi connectivity index (χ1) is 10.4. The monoisotopic (exact) mass is 351 g/mol. The Kier molecular flexibility index (Phi) is 3.95.